The fourth-order valence-electron chi connectivity index (χ4n) is 4.04. The van der Waals surface area contributed by atoms with Crippen LogP contribution in [0.15, 0.2) is 12.1 Å². The van der Waals surface area contributed by atoms with Gasteiger partial charge in [-0.25, -0.2) is 0 Å². The first-order valence-corrected chi connectivity index (χ1v) is 7.69. The lowest BCUT2D eigenvalue weighted by atomic mass is 9.99. The van der Waals surface area contributed by atoms with Gasteiger partial charge in [0.2, 0.25) is 0 Å². The predicted molar refractivity (Wildman–Crippen MR) is 80.5 cm³/mol. The maximum atomic E-state index is 3.83. The molecule has 0 saturated carbocycles. The normalized spacial score (nSPS) is 26.9. The van der Waals surface area contributed by atoms with E-state index in [0.717, 1.165) is 12.6 Å². The van der Waals surface area contributed by atoms with Gasteiger partial charge in [0, 0.05) is 25.2 Å². The number of nitrogens with zero attached hydrogens (tertiary/aromatic N) is 1. The van der Waals surface area contributed by atoms with Crippen molar-refractivity contribution >= 4 is 0 Å². The fraction of sp³-hybridized carbons (Fsp3) is 0.647. The lowest BCUT2D eigenvalue weighted by Crippen LogP contribution is -2.38. The van der Waals surface area contributed by atoms with Crippen LogP contribution in [0.2, 0.25) is 0 Å². The Morgan fingerprint density at radius 2 is 1.84 bits per heavy atom. The van der Waals surface area contributed by atoms with Gasteiger partial charge in [-0.3, -0.25) is 4.90 Å². The van der Waals surface area contributed by atoms with E-state index in [0.29, 0.717) is 6.04 Å². The van der Waals surface area contributed by atoms with E-state index in [1.807, 2.05) is 0 Å². The lowest BCUT2D eigenvalue weighted by molar-refractivity contribution is 0.298. The molecule has 19 heavy (non-hydrogen) atoms. The zero-order valence-corrected chi connectivity index (χ0v) is 12.5. The summed E-state index contributed by atoms with van der Waals surface area (Å²) in [6, 6.07) is 6.13. The summed E-state index contributed by atoms with van der Waals surface area (Å²) < 4.78 is 0. The van der Waals surface area contributed by atoms with Crippen molar-refractivity contribution in [3.63, 3.8) is 0 Å². The third-order valence-electron chi connectivity index (χ3n) is 4.99. The van der Waals surface area contributed by atoms with Crippen LogP contribution >= 0.6 is 0 Å². The van der Waals surface area contributed by atoms with Gasteiger partial charge in [-0.05, 0) is 63.3 Å². The number of nitrogens with one attached hydrogen (secondary N) is 1. The molecule has 2 aliphatic heterocycles. The summed E-state index contributed by atoms with van der Waals surface area (Å²) >= 11 is 0. The zero-order valence-electron chi connectivity index (χ0n) is 12.5. The van der Waals surface area contributed by atoms with Gasteiger partial charge in [-0.2, -0.15) is 0 Å². The van der Waals surface area contributed by atoms with Crippen LogP contribution in [0.4, 0.5) is 0 Å². The molecule has 2 nitrogen and oxygen atoms in total. The summed E-state index contributed by atoms with van der Waals surface area (Å²) in [6.07, 6.45) is 4.11. The van der Waals surface area contributed by atoms with Crippen LogP contribution in [0, 0.1) is 20.8 Å². The SMILES string of the molecule is Cc1cc(C)c(CNC2CCN3CCCC23)c(C)c1. The van der Waals surface area contributed by atoms with E-state index >= 15 is 0 Å². The quantitative estimate of drug-likeness (QED) is 0.897. The highest BCUT2D eigenvalue weighted by molar-refractivity contribution is 5.37. The highest BCUT2D eigenvalue weighted by Gasteiger charge is 2.36. The Balaban J connectivity index is 1.66. The van der Waals surface area contributed by atoms with Crippen molar-refractivity contribution in [1.29, 1.82) is 0 Å². The highest BCUT2D eigenvalue weighted by Crippen LogP contribution is 2.28. The maximum absolute atomic E-state index is 3.83. The van der Waals surface area contributed by atoms with E-state index in [-0.39, 0.29) is 0 Å². The van der Waals surface area contributed by atoms with E-state index in [1.54, 1.807) is 0 Å². The molecule has 0 aliphatic carbocycles. The third-order valence-corrected chi connectivity index (χ3v) is 4.99. The van der Waals surface area contributed by atoms with E-state index in [9.17, 15) is 0 Å². The second-order valence-electron chi connectivity index (χ2n) is 6.40. The first-order valence-electron chi connectivity index (χ1n) is 7.69. The standard InChI is InChI=1S/C17H26N2/c1-12-9-13(2)15(14(3)10-12)11-18-16-6-8-19-7-4-5-17(16)19/h9-10,16-18H,4-8,11H2,1-3H3. The molecule has 2 saturated heterocycles. The average molecular weight is 258 g/mol. The lowest BCUT2D eigenvalue weighted by Gasteiger charge is -2.22. The van der Waals surface area contributed by atoms with Crippen molar-refractivity contribution in [2.24, 2.45) is 0 Å². The van der Waals surface area contributed by atoms with Crippen molar-refractivity contribution in [1.82, 2.24) is 10.2 Å². The van der Waals surface area contributed by atoms with Crippen LogP contribution < -0.4 is 5.32 Å². The fourth-order valence-corrected chi connectivity index (χ4v) is 4.04. The van der Waals surface area contributed by atoms with Crippen molar-refractivity contribution in [3.8, 4) is 0 Å². The molecule has 2 heterocycles. The summed E-state index contributed by atoms with van der Waals surface area (Å²) in [5.74, 6) is 0. The molecule has 2 heteroatoms. The minimum absolute atomic E-state index is 0.711. The molecular formula is C17H26N2. The minimum atomic E-state index is 0.711. The largest absolute Gasteiger partial charge is 0.308 e. The van der Waals surface area contributed by atoms with Crippen LogP contribution in [0.1, 0.15) is 41.5 Å². The Bertz CT molecular complexity index is 443. The highest BCUT2D eigenvalue weighted by atomic mass is 15.2. The smallest absolute Gasteiger partial charge is 0.0250 e. The summed E-state index contributed by atoms with van der Waals surface area (Å²) in [5, 5.41) is 3.83. The molecule has 0 radical (unpaired) electrons. The van der Waals surface area contributed by atoms with Crippen molar-refractivity contribution in [3.05, 3.63) is 34.4 Å². The van der Waals surface area contributed by atoms with E-state index in [2.05, 4.69) is 43.1 Å². The van der Waals surface area contributed by atoms with Crippen molar-refractivity contribution in [2.45, 2.75) is 58.7 Å². The van der Waals surface area contributed by atoms with E-state index < -0.39 is 0 Å². The molecule has 0 aromatic heterocycles. The monoisotopic (exact) mass is 258 g/mol. The molecule has 1 aromatic carbocycles. The van der Waals surface area contributed by atoms with E-state index in [1.165, 1.54) is 54.6 Å². The van der Waals surface area contributed by atoms with Crippen LogP contribution in [-0.2, 0) is 6.54 Å². The summed E-state index contributed by atoms with van der Waals surface area (Å²) in [5.41, 5.74) is 5.75. The van der Waals surface area contributed by atoms with Gasteiger partial charge in [0.25, 0.3) is 0 Å². The van der Waals surface area contributed by atoms with E-state index in [4.69, 9.17) is 0 Å². The molecule has 104 valence electrons. The molecule has 2 fully saturated rings. The average Bonchev–Trinajstić information content (AvgIpc) is 2.91. The topological polar surface area (TPSA) is 15.3 Å². The Morgan fingerprint density at radius 1 is 1.11 bits per heavy atom. The summed E-state index contributed by atoms with van der Waals surface area (Å²) in [6.45, 7) is 10.3. The van der Waals surface area contributed by atoms with Crippen LogP contribution in [-0.4, -0.2) is 30.1 Å². The van der Waals surface area contributed by atoms with Gasteiger partial charge in [0.05, 0.1) is 0 Å². The molecule has 1 N–H and O–H groups in total. The number of aryl methyl sites for hydroxylation is 3. The second-order valence-corrected chi connectivity index (χ2v) is 6.40. The number of hydrogen-bond donors (Lipinski definition) is 1. The Labute approximate surface area is 117 Å². The van der Waals surface area contributed by atoms with Crippen molar-refractivity contribution in [2.75, 3.05) is 13.1 Å². The molecule has 1 aromatic rings. The van der Waals surface area contributed by atoms with Crippen LogP contribution in [0.25, 0.3) is 0 Å². The molecular weight excluding hydrogens is 232 g/mol. The van der Waals surface area contributed by atoms with Gasteiger partial charge in [0.15, 0.2) is 0 Å². The molecule has 0 bridgehead atoms. The Kier molecular flexibility index (Phi) is 3.64. The molecule has 3 rings (SSSR count). The number of hydrogen-bond acceptors (Lipinski definition) is 2. The van der Waals surface area contributed by atoms with Crippen molar-refractivity contribution < 1.29 is 0 Å². The zero-order chi connectivity index (χ0) is 13.4. The van der Waals surface area contributed by atoms with Crippen LogP contribution in [0.5, 0.6) is 0 Å². The van der Waals surface area contributed by atoms with Gasteiger partial charge >= 0.3 is 0 Å². The van der Waals surface area contributed by atoms with Crippen LogP contribution in [0.3, 0.4) is 0 Å². The summed E-state index contributed by atoms with van der Waals surface area (Å²) in [4.78, 5) is 2.67. The number of benzene rings is 1. The first-order chi connectivity index (χ1) is 9.15. The number of fused-ring (bicyclic) bond motifs is 1. The minimum Gasteiger partial charge on any atom is -0.308 e. The van der Waals surface area contributed by atoms with Gasteiger partial charge in [0.1, 0.15) is 0 Å². The molecule has 2 aliphatic rings. The predicted octanol–water partition coefficient (Wildman–Crippen LogP) is 2.94. The van der Waals surface area contributed by atoms with Gasteiger partial charge in [-0.15, -0.1) is 0 Å². The second kappa shape index (κ2) is 5.26. The third kappa shape index (κ3) is 2.56. The first kappa shape index (κ1) is 13.1. The van der Waals surface area contributed by atoms with Gasteiger partial charge < -0.3 is 5.32 Å². The molecule has 2 atom stereocenters. The maximum Gasteiger partial charge on any atom is 0.0250 e. The van der Waals surface area contributed by atoms with Gasteiger partial charge in [-0.1, -0.05) is 17.7 Å². The Morgan fingerprint density at radius 3 is 2.58 bits per heavy atom. The molecule has 0 spiro atoms. The molecule has 2 unspecified atom stereocenters. The number of rotatable bonds is 3. The summed E-state index contributed by atoms with van der Waals surface area (Å²) in [7, 11) is 0. The molecule has 0 amide bonds. The Hall–Kier alpha value is -0.860.